The average Bonchev–Trinajstić information content (AvgIpc) is 3.18. The second-order valence-electron chi connectivity index (χ2n) is 6.66. The average molecular weight is 303 g/mol. The molecule has 5 heteroatoms. The molecule has 3 fully saturated rings. The highest BCUT2D eigenvalue weighted by Gasteiger charge is 2.40. The summed E-state index contributed by atoms with van der Waals surface area (Å²) in [5.74, 6) is 0. The largest absolute Gasteiger partial charge is 0.377 e. The second kappa shape index (κ2) is 6.62. The number of nitrogens with zero attached hydrogens (tertiary/aromatic N) is 3. The summed E-state index contributed by atoms with van der Waals surface area (Å²) in [4.78, 5) is 9.32. The molecular weight excluding hydrogens is 278 g/mol. The van der Waals surface area contributed by atoms with E-state index in [1.807, 2.05) is 18.5 Å². The highest BCUT2D eigenvalue weighted by Crippen LogP contribution is 2.26. The molecule has 0 unspecified atom stereocenters. The molecule has 0 amide bonds. The normalized spacial score (nSPS) is 33.2. The van der Waals surface area contributed by atoms with Gasteiger partial charge in [-0.3, -0.25) is 14.8 Å². The first-order chi connectivity index (χ1) is 10.9. The molecule has 0 saturated carbocycles. The Kier molecular flexibility index (Phi) is 4.39. The van der Waals surface area contributed by atoms with E-state index in [2.05, 4.69) is 20.9 Å². The van der Waals surface area contributed by atoms with Gasteiger partial charge in [0.15, 0.2) is 0 Å². The van der Waals surface area contributed by atoms with Crippen molar-refractivity contribution in [2.75, 3.05) is 39.4 Å². The summed E-state index contributed by atoms with van der Waals surface area (Å²) in [5.41, 5.74) is 1.28. The lowest BCUT2D eigenvalue weighted by molar-refractivity contribution is -0.0615. The quantitative estimate of drug-likeness (QED) is 0.834. The minimum Gasteiger partial charge on any atom is -0.377 e. The van der Waals surface area contributed by atoms with Gasteiger partial charge in [-0.15, -0.1) is 0 Å². The van der Waals surface area contributed by atoms with Crippen molar-refractivity contribution in [1.29, 1.82) is 0 Å². The van der Waals surface area contributed by atoms with Gasteiger partial charge in [0.05, 0.1) is 18.8 Å². The van der Waals surface area contributed by atoms with Gasteiger partial charge in [-0.2, -0.15) is 0 Å². The van der Waals surface area contributed by atoms with Crippen LogP contribution in [0.15, 0.2) is 24.5 Å². The molecule has 22 heavy (non-hydrogen) atoms. The predicted octanol–water partition coefficient (Wildman–Crippen LogP) is 1.15. The van der Waals surface area contributed by atoms with Crippen LogP contribution >= 0.6 is 0 Å². The number of hydrogen-bond donors (Lipinski definition) is 0. The highest BCUT2D eigenvalue weighted by atomic mass is 16.5. The van der Waals surface area contributed by atoms with E-state index in [-0.39, 0.29) is 0 Å². The van der Waals surface area contributed by atoms with Gasteiger partial charge in [0, 0.05) is 57.8 Å². The number of hydrogen-bond acceptors (Lipinski definition) is 5. The van der Waals surface area contributed by atoms with Gasteiger partial charge in [-0.05, 0) is 24.5 Å². The molecular formula is C17H25N3O2. The SMILES string of the molecule is c1cncc(CN2C[C@@H]3OCCN(C[C@@H]4CCCO4)[C@@H]3C2)c1. The first kappa shape index (κ1) is 14.6. The van der Waals surface area contributed by atoms with E-state index in [1.54, 1.807) is 0 Å². The fourth-order valence-electron chi connectivity index (χ4n) is 3.99. The van der Waals surface area contributed by atoms with Gasteiger partial charge in [0.1, 0.15) is 0 Å². The third kappa shape index (κ3) is 3.18. The van der Waals surface area contributed by atoms with Crippen molar-refractivity contribution in [3.63, 3.8) is 0 Å². The molecule has 1 aromatic rings. The van der Waals surface area contributed by atoms with Crippen molar-refractivity contribution in [2.45, 2.75) is 37.6 Å². The lowest BCUT2D eigenvalue weighted by Crippen LogP contribution is -2.52. The minimum atomic E-state index is 0.354. The number of fused-ring (bicyclic) bond motifs is 1. The van der Waals surface area contributed by atoms with Crippen molar-refractivity contribution in [2.24, 2.45) is 0 Å². The van der Waals surface area contributed by atoms with Crippen LogP contribution in [0.4, 0.5) is 0 Å². The summed E-state index contributed by atoms with van der Waals surface area (Å²) < 4.78 is 11.8. The first-order valence-electron chi connectivity index (χ1n) is 8.47. The molecule has 3 aliphatic rings. The maximum absolute atomic E-state index is 6.02. The molecule has 3 atom stereocenters. The van der Waals surface area contributed by atoms with Crippen LogP contribution < -0.4 is 0 Å². The minimum absolute atomic E-state index is 0.354. The second-order valence-corrected chi connectivity index (χ2v) is 6.66. The summed E-state index contributed by atoms with van der Waals surface area (Å²) >= 11 is 0. The van der Waals surface area contributed by atoms with Gasteiger partial charge in [-0.25, -0.2) is 0 Å². The molecule has 3 saturated heterocycles. The number of pyridine rings is 1. The molecule has 4 rings (SSSR count). The Morgan fingerprint density at radius 1 is 1.23 bits per heavy atom. The topological polar surface area (TPSA) is 37.8 Å². The lowest BCUT2D eigenvalue weighted by atomic mass is 10.1. The summed E-state index contributed by atoms with van der Waals surface area (Å²) in [5, 5.41) is 0. The van der Waals surface area contributed by atoms with Crippen molar-refractivity contribution >= 4 is 0 Å². The fraction of sp³-hybridized carbons (Fsp3) is 0.706. The Morgan fingerprint density at radius 3 is 3.05 bits per heavy atom. The van der Waals surface area contributed by atoms with Crippen molar-refractivity contribution in [1.82, 2.24) is 14.8 Å². The molecule has 3 aliphatic heterocycles. The molecule has 0 bridgehead atoms. The Hall–Kier alpha value is -1.01. The lowest BCUT2D eigenvalue weighted by Gasteiger charge is -2.38. The maximum Gasteiger partial charge on any atom is 0.0870 e. The van der Waals surface area contributed by atoms with Gasteiger partial charge in [0.25, 0.3) is 0 Å². The van der Waals surface area contributed by atoms with Crippen LogP contribution in [0, 0.1) is 0 Å². The smallest absolute Gasteiger partial charge is 0.0870 e. The maximum atomic E-state index is 6.02. The highest BCUT2D eigenvalue weighted by molar-refractivity contribution is 5.09. The fourth-order valence-corrected chi connectivity index (χ4v) is 3.99. The van der Waals surface area contributed by atoms with Gasteiger partial charge >= 0.3 is 0 Å². The Morgan fingerprint density at radius 2 is 2.23 bits per heavy atom. The zero-order valence-corrected chi connectivity index (χ0v) is 13.1. The van der Waals surface area contributed by atoms with Crippen LogP contribution in [0.1, 0.15) is 18.4 Å². The van der Waals surface area contributed by atoms with E-state index in [0.717, 1.165) is 45.9 Å². The van der Waals surface area contributed by atoms with Crippen LogP contribution in [0.5, 0.6) is 0 Å². The molecule has 0 radical (unpaired) electrons. The summed E-state index contributed by atoms with van der Waals surface area (Å²) in [7, 11) is 0. The predicted molar refractivity (Wildman–Crippen MR) is 83.6 cm³/mol. The molecule has 120 valence electrons. The third-order valence-corrected chi connectivity index (χ3v) is 5.08. The van der Waals surface area contributed by atoms with Crippen molar-refractivity contribution in [3.8, 4) is 0 Å². The zero-order chi connectivity index (χ0) is 14.8. The Bertz CT molecular complexity index is 478. The number of likely N-dealkylation sites (tertiary alicyclic amines) is 1. The molecule has 0 spiro atoms. The molecule has 0 aliphatic carbocycles. The number of aromatic nitrogens is 1. The van der Waals surface area contributed by atoms with Crippen molar-refractivity contribution < 1.29 is 9.47 Å². The van der Waals surface area contributed by atoms with Crippen LogP contribution in [0.25, 0.3) is 0 Å². The Balaban J connectivity index is 1.37. The summed E-state index contributed by atoms with van der Waals surface area (Å²) in [6.07, 6.45) is 7.02. The molecule has 1 aromatic heterocycles. The molecule has 0 aromatic carbocycles. The van der Waals surface area contributed by atoms with Crippen LogP contribution in [-0.4, -0.2) is 72.4 Å². The van der Waals surface area contributed by atoms with E-state index >= 15 is 0 Å². The van der Waals surface area contributed by atoms with Crippen LogP contribution in [0.2, 0.25) is 0 Å². The van der Waals surface area contributed by atoms with Crippen LogP contribution in [0.3, 0.4) is 0 Å². The number of morpholine rings is 1. The molecule has 0 N–H and O–H groups in total. The monoisotopic (exact) mass is 303 g/mol. The van der Waals surface area contributed by atoms with E-state index in [9.17, 15) is 0 Å². The van der Waals surface area contributed by atoms with Gasteiger partial charge in [0.2, 0.25) is 0 Å². The third-order valence-electron chi connectivity index (χ3n) is 5.08. The van der Waals surface area contributed by atoms with Gasteiger partial charge in [-0.1, -0.05) is 6.07 Å². The van der Waals surface area contributed by atoms with E-state index in [4.69, 9.17) is 9.47 Å². The van der Waals surface area contributed by atoms with E-state index in [0.29, 0.717) is 18.2 Å². The van der Waals surface area contributed by atoms with E-state index in [1.165, 1.54) is 18.4 Å². The molecule has 4 heterocycles. The van der Waals surface area contributed by atoms with Crippen molar-refractivity contribution in [3.05, 3.63) is 30.1 Å². The standard InChI is InChI=1S/C17H25N3O2/c1-3-14(9-18-5-1)10-19-12-16-17(13-19)22-8-6-20(16)11-15-4-2-7-21-15/h1,3,5,9,15-17H,2,4,6-8,10-13H2/t15-,16+,17-/m0/s1. The first-order valence-corrected chi connectivity index (χ1v) is 8.47. The van der Waals surface area contributed by atoms with Gasteiger partial charge < -0.3 is 9.47 Å². The Labute approximate surface area is 132 Å². The zero-order valence-electron chi connectivity index (χ0n) is 13.1. The summed E-state index contributed by atoms with van der Waals surface area (Å²) in [6.45, 7) is 7.00. The van der Waals surface area contributed by atoms with E-state index < -0.39 is 0 Å². The van der Waals surface area contributed by atoms with Crippen LogP contribution in [-0.2, 0) is 16.0 Å². The molecule has 5 nitrogen and oxygen atoms in total. The number of ether oxygens (including phenoxy) is 2. The number of rotatable bonds is 4. The summed E-state index contributed by atoms with van der Waals surface area (Å²) in [6, 6.07) is 4.69.